The third kappa shape index (κ3) is 3.87. The minimum absolute atomic E-state index is 0.370. The molecule has 3 heteroatoms. The van der Waals surface area contributed by atoms with Gasteiger partial charge in [0.25, 0.3) is 0 Å². The molecule has 0 amide bonds. The molecule has 0 radical (unpaired) electrons. The van der Waals surface area contributed by atoms with Gasteiger partial charge in [0.15, 0.2) is 0 Å². The number of likely N-dealkylation sites (N-methyl/N-ethyl adjacent to an activating group) is 1. The van der Waals surface area contributed by atoms with Crippen LogP contribution < -0.4 is 4.90 Å². The van der Waals surface area contributed by atoms with Crippen LogP contribution in [0.2, 0.25) is 0 Å². The van der Waals surface area contributed by atoms with Gasteiger partial charge in [-0.15, -0.1) is 5.10 Å². The molecule has 4 rings (SSSR count). The number of fused-ring (bicyclic) bond motifs is 2. The minimum atomic E-state index is 0.370. The standard InChI is InChI=1S/C19H19N3.2C2H6/c1-13-16-9-5-3-7-14(16)11-17(13)20-21-19-12-15-8-4-6-10-18(15)22(19)2;2*1-2/h3-10,13H,11-12H2,1-2H3;2*1-2H3/b20-17-,21-19+;;. The van der Waals surface area contributed by atoms with E-state index in [0.717, 1.165) is 24.4 Å². The van der Waals surface area contributed by atoms with E-state index in [1.165, 1.54) is 22.4 Å². The van der Waals surface area contributed by atoms with Crippen LogP contribution in [-0.4, -0.2) is 18.6 Å². The lowest BCUT2D eigenvalue weighted by Crippen LogP contribution is -2.21. The average molecular weight is 350 g/mol. The second-order valence-electron chi connectivity index (χ2n) is 6.07. The molecule has 0 fully saturated rings. The third-order valence-electron chi connectivity index (χ3n) is 4.78. The molecule has 1 unspecified atom stereocenters. The normalized spacial score (nSPS) is 20.1. The van der Waals surface area contributed by atoms with Gasteiger partial charge in [-0.3, -0.25) is 0 Å². The molecule has 2 aliphatic rings. The van der Waals surface area contributed by atoms with Crippen molar-refractivity contribution in [2.75, 3.05) is 11.9 Å². The topological polar surface area (TPSA) is 28.0 Å². The van der Waals surface area contributed by atoms with E-state index in [9.17, 15) is 0 Å². The lowest BCUT2D eigenvalue weighted by atomic mass is 10.0. The molecule has 0 bridgehead atoms. The van der Waals surface area contributed by atoms with Crippen molar-refractivity contribution in [3.05, 3.63) is 65.2 Å². The summed E-state index contributed by atoms with van der Waals surface area (Å²) < 4.78 is 0. The lowest BCUT2D eigenvalue weighted by molar-refractivity contribution is 1.02. The van der Waals surface area contributed by atoms with Gasteiger partial charge in [-0.25, -0.2) is 0 Å². The molecular formula is C23H31N3. The van der Waals surface area contributed by atoms with E-state index in [1.54, 1.807) is 0 Å². The first-order valence-electron chi connectivity index (χ1n) is 9.77. The van der Waals surface area contributed by atoms with Gasteiger partial charge in [-0.05, 0) is 22.8 Å². The lowest BCUT2D eigenvalue weighted by Gasteiger charge is -2.12. The van der Waals surface area contributed by atoms with Crippen LogP contribution in [-0.2, 0) is 12.8 Å². The summed E-state index contributed by atoms with van der Waals surface area (Å²) >= 11 is 0. The molecule has 138 valence electrons. The molecule has 0 saturated heterocycles. The predicted octanol–water partition coefficient (Wildman–Crippen LogP) is 5.85. The molecule has 0 aromatic heterocycles. The summed E-state index contributed by atoms with van der Waals surface area (Å²) in [6.07, 6.45) is 1.79. The molecular weight excluding hydrogens is 318 g/mol. The fraction of sp³-hybridized carbons (Fsp3) is 0.391. The Kier molecular flexibility index (Phi) is 7.14. The van der Waals surface area contributed by atoms with Crippen molar-refractivity contribution in [3.63, 3.8) is 0 Å². The Balaban J connectivity index is 0.000000570. The van der Waals surface area contributed by atoms with Crippen LogP contribution in [0.1, 0.15) is 57.2 Å². The number of benzene rings is 2. The first kappa shape index (κ1) is 19.9. The quantitative estimate of drug-likeness (QED) is 0.594. The van der Waals surface area contributed by atoms with Gasteiger partial charge in [-0.2, -0.15) is 5.10 Å². The van der Waals surface area contributed by atoms with Gasteiger partial charge >= 0.3 is 0 Å². The number of rotatable bonds is 1. The molecule has 0 spiro atoms. The highest BCUT2D eigenvalue weighted by Gasteiger charge is 2.25. The Morgan fingerprint density at radius 3 is 2.08 bits per heavy atom. The van der Waals surface area contributed by atoms with Crippen LogP contribution in [0.15, 0.2) is 58.7 Å². The van der Waals surface area contributed by atoms with Gasteiger partial charge in [0.1, 0.15) is 5.84 Å². The molecule has 26 heavy (non-hydrogen) atoms. The number of anilines is 1. The van der Waals surface area contributed by atoms with Gasteiger partial charge in [0.05, 0.1) is 5.71 Å². The first-order valence-corrected chi connectivity index (χ1v) is 9.77. The van der Waals surface area contributed by atoms with Crippen molar-refractivity contribution >= 4 is 17.2 Å². The van der Waals surface area contributed by atoms with E-state index in [1.807, 2.05) is 27.7 Å². The second-order valence-corrected chi connectivity index (χ2v) is 6.07. The number of para-hydroxylation sites is 1. The van der Waals surface area contributed by atoms with E-state index in [0.29, 0.717) is 5.92 Å². The largest absolute Gasteiger partial charge is 0.331 e. The smallest absolute Gasteiger partial charge is 0.136 e. The fourth-order valence-electron chi connectivity index (χ4n) is 3.41. The fourth-order valence-corrected chi connectivity index (χ4v) is 3.41. The Morgan fingerprint density at radius 2 is 1.42 bits per heavy atom. The van der Waals surface area contributed by atoms with Crippen LogP contribution >= 0.6 is 0 Å². The molecule has 1 atom stereocenters. The van der Waals surface area contributed by atoms with Crippen molar-refractivity contribution < 1.29 is 0 Å². The van der Waals surface area contributed by atoms with E-state index in [4.69, 9.17) is 0 Å². The Morgan fingerprint density at radius 1 is 0.808 bits per heavy atom. The second kappa shape index (κ2) is 9.33. The van der Waals surface area contributed by atoms with E-state index < -0.39 is 0 Å². The van der Waals surface area contributed by atoms with Gasteiger partial charge < -0.3 is 4.90 Å². The highest BCUT2D eigenvalue weighted by molar-refractivity contribution is 6.05. The first-order chi connectivity index (χ1) is 12.7. The number of nitrogens with zero attached hydrogens (tertiary/aromatic N) is 3. The Bertz CT molecular complexity index is 722. The van der Waals surface area contributed by atoms with E-state index >= 15 is 0 Å². The summed E-state index contributed by atoms with van der Waals surface area (Å²) in [4.78, 5) is 2.14. The number of hydrogen-bond donors (Lipinski definition) is 0. The van der Waals surface area contributed by atoms with Crippen LogP contribution in [0.3, 0.4) is 0 Å². The van der Waals surface area contributed by atoms with Crippen molar-refractivity contribution in [1.82, 2.24) is 0 Å². The van der Waals surface area contributed by atoms with Gasteiger partial charge in [-0.1, -0.05) is 77.1 Å². The summed E-state index contributed by atoms with van der Waals surface area (Å²) in [6, 6.07) is 17.0. The number of hydrogen-bond acceptors (Lipinski definition) is 2. The maximum Gasteiger partial charge on any atom is 0.136 e. The summed E-state index contributed by atoms with van der Waals surface area (Å²) in [5.74, 6) is 1.39. The van der Waals surface area contributed by atoms with Gasteiger partial charge in [0.2, 0.25) is 0 Å². The predicted molar refractivity (Wildman–Crippen MR) is 115 cm³/mol. The van der Waals surface area contributed by atoms with Crippen molar-refractivity contribution in [1.29, 1.82) is 0 Å². The van der Waals surface area contributed by atoms with Crippen molar-refractivity contribution in [2.45, 2.75) is 53.4 Å². The highest BCUT2D eigenvalue weighted by atomic mass is 15.3. The zero-order valence-corrected chi connectivity index (χ0v) is 17.0. The van der Waals surface area contributed by atoms with E-state index in [2.05, 4.69) is 77.6 Å². The Labute approximate surface area is 158 Å². The molecule has 2 aromatic rings. The summed E-state index contributed by atoms with van der Waals surface area (Å²) in [5.41, 5.74) is 6.51. The Hall–Kier alpha value is -2.42. The van der Waals surface area contributed by atoms with Crippen LogP contribution in [0.25, 0.3) is 0 Å². The van der Waals surface area contributed by atoms with Crippen LogP contribution in [0.5, 0.6) is 0 Å². The average Bonchev–Trinajstić information content (AvgIpc) is 3.21. The summed E-state index contributed by atoms with van der Waals surface area (Å²) in [6.45, 7) is 10.2. The third-order valence-corrected chi connectivity index (χ3v) is 4.78. The van der Waals surface area contributed by atoms with Crippen molar-refractivity contribution in [2.24, 2.45) is 10.2 Å². The SMILES string of the molecule is CC.CC.CC1/C(=N\N=C2/Cc3ccccc3N2C)Cc2ccccc21. The zero-order valence-electron chi connectivity index (χ0n) is 17.0. The molecule has 0 N–H and O–H groups in total. The minimum Gasteiger partial charge on any atom is -0.331 e. The maximum atomic E-state index is 4.60. The molecule has 2 aromatic carbocycles. The monoisotopic (exact) mass is 349 g/mol. The molecule has 1 aliphatic heterocycles. The number of amidine groups is 1. The molecule has 0 saturated carbocycles. The molecule has 3 nitrogen and oxygen atoms in total. The summed E-state index contributed by atoms with van der Waals surface area (Å²) in [5, 5.41) is 9.16. The van der Waals surface area contributed by atoms with Crippen LogP contribution in [0.4, 0.5) is 5.69 Å². The van der Waals surface area contributed by atoms with Gasteiger partial charge in [0, 0.05) is 31.5 Å². The van der Waals surface area contributed by atoms with Crippen LogP contribution in [0, 0.1) is 0 Å². The highest BCUT2D eigenvalue weighted by Crippen LogP contribution is 2.31. The molecule has 1 heterocycles. The van der Waals surface area contributed by atoms with E-state index in [-0.39, 0.29) is 0 Å². The maximum absolute atomic E-state index is 4.60. The zero-order chi connectivity index (χ0) is 19.1. The summed E-state index contributed by atoms with van der Waals surface area (Å²) in [7, 11) is 2.07. The van der Waals surface area contributed by atoms with Crippen molar-refractivity contribution in [3.8, 4) is 0 Å². The molecule has 1 aliphatic carbocycles.